The van der Waals surface area contributed by atoms with Gasteiger partial charge in [0.05, 0.1) is 38.8 Å². The van der Waals surface area contributed by atoms with Gasteiger partial charge in [-0.05, 0) is 41.8 Å². The van der Waals surface area contributed by atoms with Crippen molar-refractivity contribution in [1.82, 2.24) is 9.88 Å². The number of rotatable bonds is 10. The van der Waals surface area contributed by atoms with Gasteiger partial charge in [-0.3, -0.25) is 9.59 Å². The van der Waals surface area contributed by atoms with E-state index < -0.39 is 35.8 Å². The van der Waals surface area contributed by atoms with Crippen LogP contribution in [0.25, 0.3) is 11.1 Å². The normalized spacial score (nSPS) is 11.4. The summed E-state index contributed by atoms with van der Waals surface area (Å²) in [5.41, 5.74) is 2.02. The minimum atomic E-state index is -1.14. The van der Waals surface area contributed by atoms with Crippen molar-refractivity contribution in [2.24, 2.45) is 0 Å². The molecule has 0 bridgehead atoms. The standard InChI is InChI=1S/C31H30ClN3O7/c1-18-16-35(17-21-7-4-5-8-22(21)32)30(39)28(29(18)38)34-31(40)33-23(15-26(36)37)19-11-13-20(14-12-19)27-24(41-2)9-6-10-25(27)42-3/h4-14,16,23,38H,15,17H2,1-3H3,(H,36,37)(H2,33,34,40)/t23-/m0/s1. The molecule has 4 aromatic rings. The van der Waals surface area contributed by atoms with Gasteiger partial charge in [0, 0.05) is 16.8 Å². The van der Waals surface area contributed by atoms with Crippen molar-refractivity contribution in [3.05, 3.63) is 105 Å². The molecule has 0 spiro atoms. The molecule has 4 rings (SSSR count). The zero-order chi connectivity index (χ0) is 30.4. The SMILES string of the molecule is COc1cccc(OC)c1-c1ccc([C@H](CC(=O)O)NC(=O)Nc2c(O)c(C)cn(Cc3ccccc3Cl)c2=O)cc1. The van der Waals surface area contributed by atoms with Gasteiger partial charge in [-0.1, -0.05) is 60.1 Å². The number of aromatic hydroxyl groups is 1. The lowest BCUT2D eigenvalue weighted by Gasteiger charge is -2.20. The van der Waals surface area contributed by atoms with Crippen LogP contribution in [0.3, 0.4) is 0 Å². The molecule has 1 atom stereocenters. The van der Waals surface area contributed by atoms with Crippen molar-refractivity contribution >= 4 is 29.3 Å². The highest BCUT2D eigenvalue weighted by molar-refractivity contribution is 6.31. The van der Waals surface area contributed by atoms with Crippen LogP contribution in [-0.2, 0) is 11.3 Å². The molecule has 11 heteroatoms. The Morgan fingerprint density at radius 1 is 0.976 bits per heavy atom. The third kappa shape index (κ3) is 6.67. The Bertz CT molecular complexity index is 1650. The molecule has 3 aromatic carbocycles. The number of hydrogen-bond acceptors (Lipinski definition) is 6. The predicted molar refractivity (Wildman–Crippen MR) is 160 cm³/mol. The molecular weight excluding hydrogens is 562 g/mol. The van der Waals surface area contributed by atoms with Gasteiger partial charge in [0.25, 0.3) is 5.56 Å². The Morgan fingerprint density at radius 2 is 1.62 bits per heavy atom. The van der Waals surface area contributed by atoms with Crippen molar-refractivity contribution < 1.29 is 29.3 Å². The molecule has 10 nitrogen and oxygen atoms in total. The maximum absolute atomic E-state index is 13.2. The summed E-state index contributed by atoms with van der Waals surface area (Å²) < 4.78 is 12.3. The number of urea groups is 1. The second kappa shape index (κ2) is 13.1. The van der Waals surface area contributed by atoms with Gasteiger partial charge < -0.3 is 34.9 Å². The van der Waals surface area contributed by atoms with Gasteiger partial charge in [0.1, 0.15) is 17.2 Å². The molecule has 2 amide bonds. The molecule has 0 aliphatic rings. The van der Waals surface area contributed by atoms with E-state index in [0.29, 0.717) is 33.2 Å². The molecule has 0 fully saturated rings. The van der Waals surface area contributed by atoms with Gasteiger partial charge in [-0.15, -0.1) is 0 Å². The smallest absolute Gasteiger partial charge is 0.319 e. The third-order valence-corrected chi connectivity index (χ3v) is 7.05. The molecule has 42 heavy (non-hydrogen) atoms. The second-order valence-electron chi connectivity index (χ2n) is 9.47. The van der Waals surface area contributed by atoms with Crippen LogP contribution in [-0.4, -0.2) is 41.0 Å². The van der Waals surface area contributed by atoms with Crippen LogP contribution in [0.4, 0.5) is 10.5 Å². The van der Waals surface area contributed by atoms with Gasteiger partial charge in [-0.25, -0.2) is 4.79 Å². The summed E-state index contributed by atoms with van der Waals surface area (Å²) in [6.45, 7) is 1.70. The van der Waals surface area contributed by atoms with Gasteiger partial charge >= 0.3 is 12.0 Å². The second-order valence-corrected chi connectivity index (χ2v) is 9.88. The number of pyridine rings is 1. The molecule has 218 valence electrons. The number of aryl methyl sites for hydroxylation is 1. The fourth-order valence-electron chi connectivity index (χ4n) is 4.59. The number of anilines is 1. The summed E-state index contributed by atoms with van der Waals surface area (Å²) in [4.78, 5) is 37.9. The largest absolute Gasteiger partial charge is 0.505 e. The molecule has 0 unspecified atom stereocenters. The lowest BCUT2D eigenvalue weighted by atomic mass is 9.98. The number of aliphatic carboxylic acids is 1. The van der Waals surface area contributed by atoms with E-state index in [0.717, 1.165) is 11.1 Å². The van der Waals surface area contributed by atoms with Crippen molar-refractivity contribution in [2.75, 3.05) is 19.5 Å². The molecule has 1 aromatic heterocycles. The van der Waals surface area contributed by atoms with Crippen LogP contribution < -0.4 is 25.7 Å². The first-order valence-electron chi connectivity index (χ1n) is 12.9. The molecule has 0 radical (unpaired) electrons. The zero-order valence-electron chi connectivity index (χ0n) is 23.2. The quantitative estimate of drug-likeness (QED) is 0.189. The Labute approximate surface area is 247 Å². The van der Waals surface area contributed by atoms with Gasteiger partial charge in [-0.2, -0.15) is 0 Å². The summed E-state index contributed by atoms with van der Waals surface area (Å²) in [6.07, 6.45) is 1.04. The fraction of sp³-hybridized carbons (Fsp3) is 0.194. The average molecular weight is 592 g/mol. The van der Waals surface area contributed by atoms with E-state index in [9.17, 15) is 24.6 Å². The van der Waals surface area contributed by atoms with E-state index in [4.69, 9.17) is 21.1 Å². The lowest BCUT2D eigenvalue weighted by Crippen LogP contribution is -2.36. The Hall–Kier alpha value is -4.96. The van der Waals surface area contributed by atoms with E-state index >= 15 is 0 Å². The molecule has 4 N–H and O–H groups in total. The topological polar surface area (TPSA) is 139 Å². The van der Waals surface area contributed by atoms with E-state index in [-0.39, 0.29) is 12.2 Å². The highest BCUT2D eigenvalue weighted by atomic mass is 35.5. The maximum Gasteiger partial charge on any atom is 0.319 e. The highest BCUT2D eigenvalue weighted by Crippen LogP contribution is 2.38. The van der Waals surface area contributed by atoms with Crippen molar-refractivity contribution in [1.29, 1.82) is 0 Å². The van der Waals surface area contributed by atoms with Gasteiger partial charge in [0.2, 0.25) is 0 Å². The summed E-state index contributed by atoms with van der Waals surface area (Å²) in [5.74, 6) is -0.341. The lowest BCUT2D eigenvalue weighted by molar-refractivity contribution is -0.137. The molecule has 0 aliphatic carbocycles. The predicted octanol–water partition coefficient (Wildman–Crippen LogP) is 5.59. The number of carbonyl (C=O) groups excluding carboxylic acids is 1. The summed E-state index contributed by atoms with van der Waals surface area (Å²) in [7, 11) is 3.10. The number of aromatic nitrogens is 1. The number of carboxylic acid groups (broad SMARTS) is 1. The number of amides is 2. The number of carboxylic acids is 1. The Morgan fingerprint density at radius 3 is 2.21 bits per heavy atom. The number of carbonyl (C=O) groups is 2. The molecule has 0 saturated carbocycles. The molecule has 0 aliphatic heterocycles. The van der Waals surface area contributed by atoms with Crippen LogP contribution in [0.2, 0.25) is 5.02 Å². The number of nitrogens with one attached hydrogen (secondary N) is 2. The number of methoxy groups -OCH3 is 2. The van der Waals surface area contributed by atoms with Crippen LogP contribution in [0.1, 0.15) is 29.2 Å². The number of benzene rings is 3. The summed E-state index contributed by atoms with van der Waals surface area (Å²) in [6, 6.07) is 17.5. The Balaban J connectivity index is 1.59. The number of ether oxygens (including phenoxy) is 2. The van der Waals surface area contributed by atoms with Crippen molar-refractivity contribution in [3.63, 3.8) is 0 Å². The minimum absolute atomic E-state index is 0.112. The van der Waals surface area contributed by atoms with Crippen LogP contribution in [0.5, 0.6) is 17.2 Å². The first-order chi connectivity index (χ1) is 20.1. The molecule has 1 heterocycles. The van der Waals surface area contributed by atoms with Crippen molar-refractivity contribution in [2.45, 2.75) is 25.9 Å². The number of hydrogen-bond donors (Lipinski definition) is 4. The van der Waals surface area contributed by atoms with E-state index in [1.165, 1.54) is 10.8 Å². The number of halogens is 1. The first-order valence-corrected chi connectivity index (χ1v) is 13.3. The minimum Gasteiger partial charge on any atom is -0.505 e. The fourth-order valence-corrected chi connectivity index (χ4v) is 4.78. The van der Waals surface area contributed by atoms with Crippen molar-refractivity contribution in [3.8, 4) is 28.4 Å². The van der Waals surface area contributed by atoms with Gasteiger partial charge in [0.15, 0.2) is 5.69 Å². The van der Waals surface area contributed by atoms with Crippen LogP contribution >= 0.6 is 11.6 Å². The van der Waals surface area contributed by atoms with E-state index in [2.05, 4.69) is 10.6 Å². The zero-order valence-corrected chi connectivity index (χ0v) is 23.9. The number of nitrogens with zero attached hydrogens (tertiary/aromatic N) is 1. The summed E-state index contributed by atoms with van der Waals surface area (Å²) >= 11 is 6.25. The highest BCUT2D eigenvalue weighted by Gasteiger charge is 2.22. The molecule has 0 saturated heterocycles. The first kappa shape index (κ1) is 30.0. The third-order valence-electron chi connectivity index (χ3n) is 6.69. The maximum atomic E-state index is 13.2. The Kier molecular flexibility index (Phi) is 9.39. The van der Waals surface area contributed by atoms with E-state index in [1.807, 2.05) is 0 Å². The monoisotopic (exact) mass is 591 g/mol. The van der Waals surface area contributed by atoms with Crippen LogP contribution in [0, 0.1) is 6.92 Å². The van der Waals surface area contributed by atoms with Crippen LogP contribution in [0.15, 0.2) is 77.7 Å². The summed E-state index contributed by atoms with van der Waals surface area (Å²) in [5, 5.41) is 25.6. The molecular formula is C31H30ClN3O7. The average Bonchev–Trinajstić information content (AvgIpc) is 2.98. The van der Waals surface area contributed by atoms with E-state index in [1.54, 1.807) is 87.9 Å².